The first kappa shape index (κ1) is 22.8. The molecule has 3 amide bonds. The van der Waals surface area contributed by atoms with Crippen molar-refractivity contribution in [1.29, 1.82) is 5.41 Å². The molecule has 1 unspecified atom stereocenters. The minimum atomic E-state index is -0.839. The molecule has 4 N–H and O–H groups in total. The molecular weight excluding hydrogens is 474 g/mol. The molecule has 11 heteroatoms. The highest BCUT2D eigenvalue weighted by atomic mass is 16.2. The summed E-state index contributed by atoms with van der Waals surface area (Å²) in [4.78, 5) is 52.9. The largest absolute Gasteiger partial charge is 0.374 e. The number of hydrogen-bond acceptors (Lipinski definition) is 6. The average molecular weight is 500 g/mol. The van der Waals surface area contributed by atoms with Gasteiger partial charge in [-0.2, -0.15) is 0 Å². The van der Waals surface area contributed by atoms with Crippen LogP contribution in [-0.2, 0) is 40.3 Å². The van der Waals surface area contributed by atoms with E-state index in [0.29, 0.717) is 46.6 Å². The lowest BCUT2D eigenvalue weighted by atomic mass is 9.79. The number of para-hydroxylation sites is 1. The maximum absolute atomic E-state index is 13.1. The van der Waals surface area contributed by atoms with Crippen LogP contribution in [0.3, 0.4) is 0 Å². The fourth-order valence-corrected chi connectivity index (χ4v) is 5.82. The Morgan fingerprint density at radius 2 is 1.95 bits per heavy atom. The van der Waals surface area contributed by atoms with E-state index in [1.165, 1.54) is 20.2 Å². The van der Waals surface area contributed by atoms with Crippen molar-refractivity contribution in [2.45, 2.75) is 25.9 Å². The lowest BCUT2D eigenvalue weighted by Crippen LogP contribution is -2.38. The van der Waals surface area contributed by atoms with Gasteiger partial charge in [0.2, 0.25) is 17.7 Å². The third-order valence-corrected chi connectivity index (χ3v) is 7.67. The summed E-state index contributed by atoms with van der Waals surface area (Å²) in [5.41, 5.74) is 3.71. The first-order chi connectivity index (χ1) is 17.8. The molecule has 3 aliphatic rings. The van der Waals surface area contributed by atoms with Crippen LogP contribution in [0.25, 0.3) is 11.0 Å². The second-order valence-corrected chi connectivity index (χ2v) is 9.66. The number of hydrogen-bond donors (Lipinski definition) is 4. The summed E-state index contributed by atoms with van der Waals surface area (Å²) in [6.07, 6.45) is 2.12. The maximum Gasteiger partial charge on any atom is 0.330 e. The zero-order valence-corrected chi connectivity index (χ0v) is 20.3. The van der Waals surface area contributed by atoms with Crippen molar-refractivity contribution in [2.24, 2.45) is 5.41 Å². The molecule has 3 aromatic rings. The van der Waals surface area contributed by atoms with Gasteiger partial charge in [-0.15, -0.1) is 0 Å². The molecule has 0 fully saturated rings. The number of amides is 3. The maximum atomic E-state index is 13.1. The number of nitrogens with one attached hydrogen (secondary N) is 4. The summed E-state index contributed by atoms with van der Waals surface area (Å²) in [7, 11) is 3.38. The summed E-state index contributed by atoms with van der Waals surface area (Å²) in [6.45, 7) is -0.279. The molecule has 0 bridgehead atoms. The van der Waals surface area contributed by atoms with Crippen molar-refractivity contribution in [2.75, 3.05) is 24.3 Å². The minimum absolute atomic E-state index is 0.0704. The number of benzene rings is 2. The number of likely N-dealkylation sites (N-methyl/N-ethyl adjacent to an activating group) is 1. The van der Waals surface area contributed by atoms with E-state index in [-0.39, 0.29) is 30.8 Å². The normalized spacial score (nSPS) is 20.0. The highest BCUT2D eigenvalue weighted by Gasteiger charge is 2.51. The summed E-state index contributed by atoms with van der Waals surface area (Å²) in [6, 6.07) is 10.8. The van der Waals surface area contributed by atoms with Crippen LogP contribution in [0.1, 0.15) is 11.1 Å². The SMILES string of the molecule is CNC1=C(C=N)C2(Cc3ccc(NC(=O)Cn4c(=O)n5c6c(cccc64)N(C)C(=O)C5)cc3C2)C(=O)N1. The third-order valence-electron chi connectivity index (χ3n) is 7.67. The second-order valence-electron chi connectivity index (χ2n) is 9.66. The Balaban J connectivity index is 1.26. The molecule has 2 aromatic carbocycles. The molecule has 0 saturated carbocycles. The molecule has 2 aliphatic heterocycles. The molecule has 1 spiro atoms. The summed E-state index contributed by atoms with van der Waals surface area (Å²) >= 11 is 0. The van der Waals surface area contributed by atoms with Crippen molar-refractivity contribution < 1.29 is 14.4 Å². The summed E-state index contributed by atoms with van der Waals surface area (Å²) in [5.74, 6) is -0.173. The van der Waals surface area contributed by atoms with Gasteiger partial charge in [0.15, 0.2) is 0 Å². The van der Waals surface area contributed by atoms with Gasteiger partial charge in [-0.3, -0.25) is 23.5 Å². The Hall–Kier alpha value is -4.67. The van der Waals surface area contributed by atoms with E-state index in [1.807, 2.05) is 12.1 Å². The number of carbonyl (C=O) groups excluding carboxylic acids is 3. The Labute approximate surface area is 211 Å². The van der Waals surface area contributed by atoms with E-state index in [9.17, 15) is 19.2 Å². The minimum Gasteiger partial charge on any atom is -0.374 e. The van der Waals surface area contributed by atoms with E-state index in [2.05, 4.69) is 16.0 Å². The number of nitrogens with zero attached hydrogens (tertiary/aromatic N) is 3. The average Bonchev–Trinajstić information content (AvgIpc) is 3.48. The number of rotatable bonds is 5. The smallest absolute Gasteiger partial charge is 0.330 e. The van der Waals surface area contributed by atoms with E-state index < -0.39 is 11.1 Å². The molecule has 1 aromatic heterocycles. The highest BCUT2D eigenvalue weighted by Crippen LogP contribution is 2.46. The number of aromatic nitrogens is 2. The quantitative estimate of drug-likeness (QED) is 0.383. The van der Waals surface area contributed by atoms with E-state index in [0.717, 1.165) is 11.1 Å². The van der Waals surface area contributed by atoms with Gasteiger partial charge in [0.05, 0.1) is 22.1 Å². The van der Waals surface area contributed by atoms with Crippen molar-refractivity contribution in [3.8, 4) is 0 Å². The third kappa shape index (κ3) is 3.16. The number of carbonyl (C=O) groups is 3. The second kappa shape index (κ2) is 7.92. The lowest BCUT2D eigenvalue weighted by molar-refractivity contribution is -0.126. The predicted molar refractivity (Wildman–Crippen MR) is 138 cm³/mol. The molecule has 37 heavy (non-hydrogen) atoms. The van der Waals surface area contributed by atoms with Crippen molar-refractivity contribution in [3.05, 3.63) is 69.4 Å². The topological polar surface area (TPSA) is 141 Å². The first-order valence-corrected chi connectivity index (χ1v) is 11.9. The number of imidazole rings is 1. The Morgan fingerprint density at radius 3 is 2.70 bits per heavy atom. The molecular formula is C26H25N7O4. The monoisotopic (exact) mass is 499 g/mol. The predicted octanol–water partition coefficient (Wildman–Crippen LogP) is 0.713. The molecule has 3 heterocycles. The molecule has 1 aliphatic carbocycles. The molecule has 0 radical (unpaired) electrons. The van der Waals surface area contributed by atoms with E-state index >= 15 is 0 Å². The molecule has 188 valence electrons. The Morgan fingerprint density at radius 1 is 1.16 bits per heavy atom. The van der Waals surface area contributed by atoms with Crippen LogP contribution < -0.4 is 26.5 Å². The molecule has 0 saturated heterocycles. The highest BCUT2D eigenvalue weighted by molar-refractivity contribution is 6.05. The van der Waals surface area contributed by atoms with Crippen LogP contribution in [0.4, 0.5) is 11.4 Å². The zero-order chi connectivity index (χ0) is 26.1. The lowest BCUT2D eigenvalue weighted by Gasteiger charge is -2.23. The van der Waals surface area contributed by atoms with Gasteiger partial charge in [-0.05, 0) is 48.2 Å². The number of anilines is 2. The van der Waals surface area contributed by atoms with Crippen molar-refractivity contribution in [1.82, 2.24) is 19.8 Å². The van der Waals surface area contributed by atoms with Gasteiger partial charge >= 0.3 is 5.69 Å². The fourth-order valence-electron chi connectivity index (χ4n) is 5.82. The Kier molecular flexibility index (Phi) is 4.87. The van der Waals surface area contributed by atoms with E-state index in [4.69, 9.17) is 5.41 Å². The van der Waals surface area contributed by atoms with Gasteiger partial charge < -0.3 is 26.3 Å². The van der Waals surface area contributed by atoms with Gasteiger partial charge in [0.1, 0.15) is 18.9 Å². The van der Waals surface area contributed by atoms with Gasteiger partial charge in [-0.1, -0.05) is 12.1 Å². The molecule has 6 rings (SSSR count). The van der Waals surface area contributed by atoms with Crippen LogP contribution >= 0.6 is 0 Å². The standard InChI is InChI=1S/C26H25N7O4/c1-28-23-17(11-27)26(24(36)30-23)9-14-6-7-16(8-15(14)10-26)29-20(34)12-32-19-5-3-4-18-22(19)33(25(32)37)13-21(35)31(18)2/h3-8,11,27-28H,9-10,12-13H2,1-2H3,(H,29,34)(H,30,36). The van der Waals surface area contributed by atoms with Gasteiger partial charge in [-0.25, -0.2) is 4.79 Å². The summed E-state index contributed by atoms with van der Waals surface area (Å²) in [5, 5.41) is 16.5. The van der Waals surface area contributed by atoms with Crippen molar-refractivity contribution >= 4 is 46.3 Å². The van der Waals surface area contributed by atoms with Crippen LogP contribution in [0, 0.1) is 10.8 Å². The van der Waals surface area contributed by atoms with Gasteiger partial charge in [0.25, 0.3) is 0 Å². The molecule has 11 nitrogen and oxygen atoms in total. The van der Waals surface area contributed by atoms with Crippen LogP contribution in [-0.4, -0.2) is 47.2 Å². The number of fused-ring (bicyclic) bond motifs is 1. The van der Waals surface area contributed by atoms with Crippen LogP contribution in [0.5, 0.6) is 0 Å². The van der Waals surface area contributed by atoms with Crippen LogP contribution in [0.15, 0.2) is 52.6 Å². The zero-order valence-electron chi connectivity index (χ0n) is 20.3. The van der Waals surface area contributed by atoms with Gasteiger partial charge in [0, 0.05) is 31.6 Å². The van der Waals surface area contributed by atoms with Crippen LogP contribution in [0.2, 0.25) is 0 Å². The fraction of sp³-hybridized carbons (Fsp3) is 0.269. The first-order valence-electron chi connectivity index (χ1n) is 11.9. The summed E-state index contributed by atoms with van der Waals surface area (Å²) < 4.78 is 2.79. The molecule has 1 atom stereocenters. The van der Waals surface area contributed by atoms with E-state index in [1.54, 1.807) is 38.4 Å². The van der Waals surface area contributed by atoms with Crippen molar-refractivity contribution in [3.63, 3.8) is 0 Å². The Bertz CT molecular complexity index is 1650.